The average molecular weight is 481 g/mol. The first-order valence-electron chi connectivity index (χ1n) is 9.73. The third-order valence-corrected chi connectivity index (χ3v) is 7.68. The number of carbonyl (C=O) groups is 1. The maximum absolute atomic E-state index is 12.1. The van der Waals surface area contributed by atoms with E-state index in [1.807, 2.05) is 30.3 Å². The molecule has 3 aromatic carbocycles. The van der Waals surface area contributed by atoms with Gasteiger partial charge in [0.2, 0.25) is 0 Å². The third-order valence-electron chi connectivity index (χ3n) is 4.44. The zero-order valence-electron chi connectivity index (χ0n) is 17.2. The zero-order chi connectivity index (χ0) is 22.2. The number of benzene rings is 3. The minimum Gasteiger partial charge on any atom is -0.497 e. The molecule has 162 valence electrons. The van der Waals surface area contributed by atoms with Crippen LogP contribution in [-0.4, -0.2) is 35.2 Å². The highest BCUT2D eigenvalue weighted by atomic mass is 32.2. The highest BCUT2D eigenvalue weighted by molar-refractivity contribution is 8.03. The zero-order valence-corrected chi connectivity index (χ0v) is 19.7. The molecule has 0 fully saturated rings. The molecule has 1 aromatic heterocycles. The molecule has 4 aromatic rings. The molecule has 0 saturated carbocycles. The molecule has 0 aliphatic heterocycles. The van der Waals surface area contributed by atoms with E-state index in [0.717, 1.165) is 25.7 Å². The van der Waals surface area contributed by atoms with Crippen LogP contribution in [0.2, 0.25) is 0 Å². The first-order chi connectivity index (χ1) is 15.7. The molecule has 9 heteroatoms. The van der Waals surface area contributed by atoms with E-state index in [0.29, 0.717) is 0 Å². The van der Waals surface area contributed by atoms with Crippen LogP contribution in [-0.2, 0) is 10.5 Å². The Labute approximate surface area is 198 Å². The summed E-state index contributed by atoms with van der Waals surface area (Å²) in [6.07, 6.45) is 1.58. The third kappa shape index (κ3) is 6.09. The Balaban J connectivity index is 1.25. The Hall–Kier alpha value is -2.88. The highest BCUT2D eigenvalue weighted by Gasteiger charge is 2.09. The molecular weight excluding hydrogens is 460 g/mol. The molecule has 0 unspecified atom stereocenters. The van der Waals surface area contributed by atoms with E-state index in [1.165, 1.54) is 39.4 Å². The summed E-state index contributed by atoms with van der Waals surface area (Å²) >= 11 is 4.50. The van der Waals surface area contributed by atoms with E-state index in [1.54, 1.807) is 25.1 Å². The average Bonchev–Trinajstić information content (AvgIpc) is 3.29. The summed E-state index contributed by atoms with van der Waals surface area (Å²) < 4.78 is 6.81. The molecule has 4 rings (SSSR count). The lowest BCUT2D eigenvalue weighted by atomic mass is 10.1. The number of carbonyl (C=O) groups excluding carboxylic acids is 1. The molecular formula is C23H20N4O2S3. The Bertz CT molecular complexity index is 1240. The molecule has 1 N–H and O–H groups in total. The molecule has 0 saturated heterocycles. The van der Waals surface area contributed by atoms with Crippen molar-refractivity contribution in [2.45, 2.75) is 14.4 Å². The van der Waals surface area contributed by atoms with E-state index >= 15 is 0 Å². The first-order valence-corrected chi connectivity index (χ1v) is 12.5. The van der Waals surface area contributed by atoms with E-state index in [9.17, 15) is 4.79 Å². The molecule has 0 atom stereocenters. The number of thioether (sulfide) groups is 2. The van der Waals surface area contributed by atoms with Crippen LogP contribution < -0.4 is 10.2 Å². The van der Waals surface area contributed by atoms with E-state index in [2.05, 4.69) is 57.1 Å². The van der Waals surface area contributed by atoms with Gasteiger partial charge in [0.1, 0.15) is 5.75 Å². The number of hydrazone groups is 1. The molecule has 0 aliphatic rings. The molecule has 0 radical (unpaired) electrons. The molecule has 32 heavy (non-hydrogen) atoms. The van der Waals surface area contributed by atoms with Gasteiger partial charge in [0, 0.05) is 5.75 Å². The van der Waals surface area contributed by atoms with Gasteiger partial charge in [-0.25, -0.2) is 5.43 Å². The monoisotopic (exact) mass is 480 g/mol. The predicted molar refractivity (Wildman–Crippen MR) is 133 cm³/mol. The molecule has 0 bridgehead atoms. The number of hydrogen-bond acceptors (Lipinski definition) is 8. The minimum absolute atomic E-state index is 0.200. The van der Waals surface area contributed by atoms with Crippen LogP contribution in [0.25, 0.3) is 10.8 Å². The number of amides is 1. The molecule has 1 heterocycles. The summed E-state index contributed by atoms with van der Waals surface area (Å²) in [4.78, 5) is 12.1. The number of methoxy groups -OCH3 is 1. The van der Waals surface area contributed by atoms with Crippen LogP contribution in [0.5, 0.6) is 5.75 Å². The van der Waals surface area contributed by atoms with Crippen molar-refractivity contribution < 1.29 is 9.53 Å². The minimum atomic E-state index is -0.200. The van der Waals surface area contributed by atoms with Crippen molar-refractivity contribution in [2.24, 2.45) is 5.10 Å². The standard InChI is InChI=1S/C23H20N4O2S3/c1-29-19-10-4-6-16(12-19)13-24-25-21(28)15-31-23-27-26-22(32-23)30-14-18-9-5-8-17-7-2-3-11-20(17)18/h2-13H,14-15H2,1H3,(H,25,28)/b24-13+. The SMILES string of the molecule is COc1cccc(/C=N/NC(=O)CSc2nnc(SCc3cccc4ccccc34)s2)c1. The Morgan fingerprint density at radius 3 is 2.72 bits per heavy atom. The number of ether oxygens (including phenoxy) is 1. The molecule has 6 nitrogen and oxygen atoms in total. The Morgan fingerprint density at radius 2 is 1.84 bits per heavy atom. The van der Waals surface area contributed by atoms with Gasteiger partial charge < -0.3 is 4.74 Å². The van der Waals surface area contributed by atoms with Crippen LogP contribution in [0, 0.1) is 0 Å². The van der Waals surface area contributed by atoms with Crippen molar-refractivity contribution in [1.82, 2.24) is 15.6 Å². The van der Waals surface area contributed by atoms with Gasteiger partial charge >= 0.3 is 0 Å². The van der Waals surface area contributed by atoms with Crippen LogP contribution >= 0.6 is 34.9 Å². The Morgan fingerprint density at radius 1 is 1.06 bits per heavy atom. The van der Waals surface area contributed by atoms with Gasteiger partial charge in [-0.15, -0.1) is 10.2 Å². The van der Waals surface area contributed by atoms with Gasteiger partial charge in [-0.3, -0.25) is 4.79 Å². The number of nitrogens with one attached hydrogen (secondary N) is 1. The largest absolute Gasteiger partial charge is 0.497 e. The highest BCUT2D eigenvalue weighted by Crippen LogP contribution is 2.32. The molecule has 1 amide bonds. The lowest BCUT2D eigenvalue weighted by Gasteiger charge is -2.04. The van der Waals surface area contributed by atoms with Gasteiger partial charge in [0.05, 0.1) is 19.1 Å². The number of hydrogen-bond donors (Lipinski definition) is 1. The van der Waals surface area contributed by atoms with E-state index in [-0.39, 0.29) is 11.7 Å². The summed E-state index contributed by atoms with van der Waals surface area (Å²) in [5.41, 5.74) is 4.64. The number of fused-ring (bicyclic) bond motifs is 1. The molecule has 0 aliphatic carbocycles. The van der Waals surface area contributed by atoms with Crippen molar-refractivity contribution in [3.63, 3.8) is 0 Å². The van der Waals surface area contributed by atoms with Crippen LogP contribution in [0.3, 0.4) is 0 Å². The number of aromatic nitrogens is 2. The van der Waals surface area contributed by atoms with Gasteiger partial charge in [-0.2, -0.15) is 5.10 Å². The predicted octanol–water partition coefficient (Wildman–Crippen LogP) is 5.23. The van der Waals surface area contributed by atoms with Crippen molar-refractivity contribution in [3.8, 4) is 5.75 Å². The second kappa shape index (κ2) is 11.1. The number of rotatable bonds is 9. The fourth-order valence-corrected chi connectivity index (χ4v) is 5.75. The normalized spacial score (nSPS) is 11.2. The lowest BCUT2D eigenvalue weighted by Crippen LogP contribution is -2.19. The summed E-state index contributed by atoms with van der Waals surface area (Å²) in [6.45, 7) is 0. The van der Waals surface area contributed by atoms with Gasteiger partial charge in [-0.1, -0.05) is 89.5 Å². The van der Waals surface area contributed by atoms with Crippen molar-refractivity contribution in [3.05, 3.63) is 77.9 Å². The summed E-state index contributed by atoms with van der Waals surface area (Å²) in [7, 11) is 1.61. The van der Waals surface area contributed by atoms with Crippen molar-refractivity contribution >= 4 is 57.8 Å². The maximum Gasteiger partial charge on any atom is 0.250 e. The van der Waals surface area contributed by atoms with Crippen LogP contribution in [0.15, 0.2) is 80.5 Å². The summed E-state index contributed by atoms with van der Waals surface area (Å²) in [5, 5.41) is 14.9. The first kappa shape index (κ1) is 22.3. The second-order valence-electron chi connectivity index (χ2n) is 6.62. The van der Waals surface area contributed by atoms with Gasteiger partial charge in [0.15, 0.2) is 8.68 Å². The fourth-order valence-electron chi connectivity index (χ4n) is 2.93. The second-order valence-corrected chi connectivity index (χ2v) is 10.0. The smallest absolute Gasteiger partial charge is 0.250 e. The summed E-state index contributed by atoms with van der Waals surface area (Å²) in [5.74, 6) is 1.58. The lowest BCUT2D eigenvalue weighted by molar-refractivity contribution is -0.118. The maximum atomic E-state index is 12.1. The van der Waals surface area contributed by atoms with Crippen molar-refractivity contribution in [1.29, 1.82) is 0 Å². The van der Waals surface area contributed by atoms with Gasteiger partial charge in [-0.05, 0) is 34.0 Å². The fraction of sp³-hybridized carbons (Fsp3) is 0.130. The summed E-state index contributed by atoms with van der Waals surface area (Å²) in [6, 6.07) is 22.1. The Kier molecular flexibility index (Phi) is 7.76. The van der Waals surface area contributed by atoms with Crippen LogP contribution in [0.4, 0.5) is 0 Å². The van der Waals surface area contributed by atoms with E-state index in [4.69, 9.17) is 4.74 Å². The molecule has 0 spiro atoms. The van der Waals surface area contributed by atoms with E-state index < -0.39 is 0 Å². The quantitative estimate of drug-likeness (QED) is 0.201. The number of nitrogens with zero attached hydrogens (tertiary/aromatic N) is 3. The topological polar surface area (TPSA) is 76.5 Å². The van der Waals surface area contributed by atoms with Crippen molar-refractivity contribution in [2.75, 3.05) is 12.9 Å². The van der Waals surface area contributed by atoms with Crippen LogP contribution in [0.1, 0.15) is 11.1 Å². The van der Waals surface area contributed by atoms with Gasteiger partial charge in [0.25, 0.3) is 5.91 Å².